The first kappa shape index (κ1) is 23.2. The smallest absolute Gasteiger partial charge is 0.265 e. The standard InChI is InChI=1S/C23H20N4O5S2/c1-14-15(2)26-32-23(14)27-34(30,31)19-11-9-18(10-12-19)24-21(28)16-5-7-17(8-6-16)25-22(29)20-4-3-13-33-20/h3-13,27H,1-2H3,(H,24,28)(H,25,29). The predicted molar refractivity (Wildman–Crippen MR) is 130 cm³/mol. The molecule has 34 heavy (non-hydrogen) atoms. The Bertz CT molecular complexity index is 1430. The lowest BCUT2D eigenvalue weighted by molar-refractivity contribution is 0.102. The summed E-state index contributed by atoms with van der Waals surface area (Å²) in [6.07, 6.45) is 0. The van der Waals surface area contributed by atoms with Crippen molar-refractivity contribution in [3.63, 3.8) is 0 Å². The summed E-state index contributed by atoms with van der Waals surface area (Å²) in [7, 11) is -3.88. The second-order valence-electron chi connectivity index (χ2n) is 7.31. The van der Waals surface area contributed by atoms with Crippen molar-refractivity contribution in [2.24, 2.45) is 0 Å². The van der Waals surface area contributed by atoms with Gasteiger partial charge in [0.15, 0.2) is 0 Å². The van der Waals surface area contributed by atoms with Crippen molar-refractivity contribution in [2.45, 2.75) is 18.7 Å². The molecule has 0 unspecified atom stereocenters. The molecule has 0 aliphatic heterocycles. The van der Waals surface area contributed by atoms with Gasteiger partial charge in [-0.3, -0.25) is 9.59 Å². The van der Waals surface area contributed by atoms with Gasteiger partial charge in [0.25, 0.3) is 21.8 Å². The zero-order chi connectivity index (χ0) is 24.3. The summed E-state index contributed by atoms with van der Waals surface area (Å²) in [4.78, 5) is 25.3. The molecular formula is C23H20N4O5S2. The number of hydrogen-bond donors (Lipinski definition) is 3. The average Bonchev–Trinajstić information content (AvgIpc) is 3.46. The molecule has 4 rings (SSSR count). The fourth-order valence-corrected chi connectivity index (χ4v) is 4.58. The van der Waals surface area contributed by atoms with Gasteiger partial charge < -0.3 is 15.2 Å². The van der Waals surface area contributed by atoms with Crippen LogP contribution in [0.3, 0.4) is 0 Å². The highest BCUT2D eigenvalue weighted by molar-refractivity contribution is 7.92. The Morgan fingerprint density at radius 3 is 2.06 bits per heavy atom. The van der Waals surface area contributed by atoms with Crippen molar-refractivity contribution in [3.05, 3.63) is 87.7 Å². The molecule has 0 saturated carbocycles. The molecule has 2 heterocycles. The summed E-state index contributed by atoms with van der Waals surface area (Å²) in [6.45, 7) is 3.41. The first-order chi connectivity index (χ1) is 16.2. The molecule has 3 N–H and O–H groups in total. The van der Waals surface area contributed by atoms with E-state index in [2.05, 4.69) is 20.5 Å². The van der Waals surface area contributed by atoms with Crippen molar-refractivity contribution < 1.29 is 22.5 Å². The van der Waals surface area contributed by atoms with Gasteiger partial charge in [-0.1, -0.05) is 11.2 Å². The molecule has 0 aliphatic carbocycles. The van der Waals surface area contributed by atoms with Gasteiger partial charge in [0.05, 0.1) is 15.5 Å². The number of carbonyl (C=O) groups excluding carboxylic acids is 2. The largest absolute Gasteiger partial charge is 0.337 e. The molecular weight excluding hydrogens is 476 g/mol. The molecule has 0 aliphatic rings. The number of thiophene rings is 1. The van der Waals surface area contributed by atoms with Gasteiger partial charge in [-0.25, -0.2) is 13.1 Å². The zero-order valence-electron chi connectivity index (χ0n) is 18.2. The number of nitrogens with zero attached hydrogens (tertiary/aromatic N) is 1. The van der Waals surface area contributed by atoms with Crippen LogP contribution in [0.5, 0.6) is 0 Å². The summed E-state index contributed by atoms with van der Waals surface area (Å²) in [5.74, 6) is -0.534. The van der Waals surface area contributed by atoms with E-state index in [1.807, 2.05) is 5.38 Å². The quantitative estimate of drug-likeness (QED) is 0.341. The van der Waals surface area contributed by atoms with Crippen LogP contribution in [0.4, 0.5) is 17.3 Å². The molecule has 0 spiro atoms. The lowest BCUT2D eigenvalue weighted by Crippen LogP contribution is -2.14. The second kappa shape index (κ2) is 9.49. The maximum Gasteiger partial charge on any atom is 0.265 e. The van der Waals surface area contributed by atoms with Crippen LogP contribution in [0, 0.1) is 13.8 Å². The number of nitrogens with one attached hydrogen (secondary N) is 3. The van der Waals surface area contributed by atoms with Gasteiger partial charge in [0.1, 0.15) is 0 Å². The maximum atomic E-state index is 12.6. The van der Waals surface area contributed by atoms with Crippen molar-refractivity contribution >= 4 is 50.4 Å². The maximum absolute atomic E-state index is 12.6. The van der Waals surface area contributed by atoms with Crippen LogP contribution in [0.25, 0.3) is 0 Å². The first-order valence-corrected chi connectivity index (χ1v) is 12.4. The summed E-state index contributed by atoms with van der Waals surface area (Å²) in [6, 6.07) is 15.7. The summed E-state index contributed by atoms with van der Waals surface area (Å²) in [5, 5.41) is 11.0. The topological polar surface area (TPSA) is 130 Å². The van der Waals surface area contributed by atoms with E-state index in [9.17, 15) is 18.0 Å². The molecule has 2 amide bonds. The fraction of sp³-hybridized carbons (Fsp3) is 0.0870. The van der Waals surface area contributed by atoms with Gasteiger partial charge in [-0.15, -0.1) is 11.3 Å². The van der Waals surface area contributed by atoms with E-state index in [0.29, 0.717) is 33.1 Å². The van der Waals surface area contributed by atoms with Crippen molar-refractivity contribution in [1.29, 1.82) is 0 Å². The third kappa shape index (κ3) is 5.16. The Hall–Kier alpha value is -3.96. The molecule has 11 heteroatoms. The van der Waals surface area contributed by atoms with Crippen LogP contribution in [-0.2, 0) is 10.0 Å². The highest BCUT2D eigenvalue weighted by Crippen LogP contribution is 2.23. The molecule has 174 valence electrons. The molecule has 0 bridgehead atoms. The van der Waals surface area contributed by atoms with Crippen molar-refractivity contribution in [1.82, 2.24) is 5.16 Å². The molecule has 0 radical (unpaired) electrons. The lowest BCUT2D eigenvalue weighted by atomic mass is 10.2. The number of aryl methyl sites for hydroxylation is 1. The minimum atomic E-state index is -3.88. The van der Waals surface area contributed by atoms with Gasteiger partial charge in [0, 0.05) is 22.5 Å². The molecule has 2 aromatic carbocycles. The van der Waals surface area contributed by atoms with Crippen LogP contribution >= 0.6 is 11.3 Å². The number of aromatic nitrogens is 1. The van der Waals surface area contributed by atoms with E-state index in [4.69, 9.17) is 4.52 Å². The number of rotatable bonds is 7. The molecule has 2 aromatic heterocycles. The zero-order valence-corrected chi connectivity index (χ0v) is 19.8. The predicted octanol–water partition coefficient (Wildman–Crippen LogP) is 4.66. The Balaban J connectivity index is 1.38. The van der Waals surface area contributed by atoms with Gasteiger partial charge >= 0.3 is 0 Å². The van der Waals surface area contributed by atoms with E-state index in [1.54, 1.807) is 50.2 Å². The van der Waals surface area contributed by atoms with E-state index in [1.165, 1.54) is 35.6 Å². The number of anilines is 3. The van der Waals surface area contributed by atoms with Crippen LogP contribution in [0.1, 0.15) is 31.3 Å². The molecule has 4 aromatic rings. The average molecular weight is 497 g/mol. The Morgan fingerprint density at radius 1 is 0.882 bits per heavy atom. The van der Waals surface area contributed by atoms with E-state index in [0.717, 1.165) is 0 Å². The minimum absolute atomic E-state index is 0.00443. The highest BCUT2D eigenvalue weighted by atomic mass is 32.2. The fourth-order valence-electron chi connectivity index (χ4n) is 2.92. The second-order valence-corrected chi connectivity index (χ2v) is 9.94. The normalized spacial score (nSPS) is 11.1. The molecule has 0 saturated heterocycles. The summed E-state index contributed by atoms with van der Waals surface area (Å²) < 4.78 is 32.5. The van der Waals surface area contributed by atoms with Gasteiger partial charge in [-0.05, 0) is 73.8 Å². The number of sulfonamides is 1. The number of benzene rings is 2. The van der Waals surface area contributed by atoms with Crippen molar-refractivity contribution in [3.8, 4) is 0 Å². The van der Waals surface area contributed by atoms with Crippen molar-refractivity contribution in [2.75, 3.05) is 15.4 Å². The van der Waals surface area contributed by atoms with Crippen LogP contribution < -0.4 is 15.4 Å². The Labute approximate surface area is 199 Å². The van der Waals surface area contributed by atoms with Crippen LogP contribution in [0.15, 0.2) is 75.5 Å². The molecule has 0 fully saturated rings. The number of hydrogen-bond acceptors (Lipinski definition) is 7. The first-order valence-electron chi connectivity index (χ1n) is 10.0. The molecule has 0 atom stereocenters. The Kier molecular flexibility index (Phi) is 6.48. The third-order valence-electron chi connectivity index (χ3n) is 4.96. The van der Waals surface area contributed by atoms with E-state index in [-0.39, 0.29) is 22.6 Å². The SMILES string of the molecule is Cc1noc(NS(=O)(=O)c2ccc(NC(=O)c3ccc(NC(=O)c4cccs4)cc3)cc2)c1C. The molecule has 9 nitrogen and oxygen atoms in total. The summed E-state index contributed by atoms with van der Waals surface area (Å²) in [5.41, 5.74) is 2.56. The highest BCUT2D eigenvalue weighted by Gasteiger charge is 2.19. The van der Waals surface area contributed by atoms with Crippen LogP contribution in [0.2, 0.25) is 0 Å². The number of amides is 2. The minimum Gasteiger partial charge on any atom is -0.337 e. The summed E-state index contributed by atoms with van der Waals surface area (Å²) >= 11 is 1.34. The monoisotopic (exact) mass is 496 g/mol. The van der Waals surface area contributed by atoms with Gasteiger partial charge in [-0.2, -0.15) is 0 Å². The van der Waals surface area contributed by atoms with E-state index >= 15 is 0 Å². The van der Waals surface area contributed by atoms with Gasteiger partial charge in [0.2, 0.25) is 5.88 Å². The number of carbonyl (C=O) groups is 2. The van der Waals surface area contributed by atoms with E-state index < -0.39 is 10.0 Å². The third-order valence-corrected chi connectivity index (χ3v) is 7.17. The lowest BCUT2D eigenvalue weighted by Gasteiger charge is -2.09. The Morgan fingerprint density at radius 2 is 1.50 bits per heavy atom. The van der Waals surface area contributed by atoms with Crippen LogP contribution in [-0.4, -0.2) is 25.4 Å².